The van der Waals surface area contributed by atoms with Crippen LogP contribution in [-0.4, -0.2) is 25.4 Å². The number of aromatic amines is 1. The van der Waals surface area contributed by atoms with Crippen LogP contribution in [0.25, 0.3) is 16.6 Å². The van der Waals surface area contributed by atoms with Crippen LogP contribution in [-0.2, 0) is 12.8 Å². The van der Waals surface area contributed by atoms with E-state index in [1.165, 1.54) is 22.2 Å². The number of hydrogen-bond acceptors (Lipinski definition) is 3. The van der Waals surface area contributed by atoms with Crippen molar-refractivity contribution in [2.45, 2.75) is 45.1 Å². The third kappa shape index (κ3) is 2.77. The summed E-state index contributed by atoms with van der Waals surface area (Å²) >= 11 is 6.31. The van der Waals surface area contributed by atoms with E-state index in [2.05, 4.69) is 62.8 Å². The Morgan fingerprint density at radius 3 is 3.00 bits per heavy atom. The Labute approximate surface area is 162 Å². The molecule has 1 aliphatic carbocycles. The molecule has 5 rings (SSSR count). The molecule has 27 heavy (non-hydrogen) atoms. The zero-order valence-corrected chi connectivity index (χ0v) is 16.2. The molecule has 0 spiro atoms. The predicted molar refractivity (Wildman–Crippen MR) is 110 cm³/mol. The molecule has 138 valence electrons. The molecule has 0 bridgehead atoms. The van der Waals surface area contributed by atoms with E-state index in [-0.39, 0.29) is 0 Å². The summed E-state index contributed by atoms with van der Waals surface area (Å²) in [6.07, 6.45) is 6.82. The Kier molecular flexibility index (Phi) is 3.86. The number of hydrogen-bond donors (Lipinski definition) is 2. The van der Waals surface area contributed by atoms with Crippen LogP contribution in [0, 0.1) is 0 Å². The van der Waals surface area contributed by atoms with E-state index in [1.807, 2.05) is 12.4 Å². The molecule has 2 N–H and O–H groups in total. The maximum Gasteiger partial charge on any atom is 0.180 e. The number of aromatic nitrogens is 4. The number of nitrogens with one attached hydrogen (secondary N) is 2. The van der Waals surface area contributed by atoms with Gasteiger partial charge in [-0.05, 0) is 36.8 Å². The summed E-state index contributed by atoms with van der Waals surface area (Å²) in [6, 6.07) is 8.85. The van der Waals surface area contributed by atoms with Crippen molar-refractivity contribution in [1.29, 1.82) is 0 Å². The number of rotatable bonds is 3. The number of fused-ring (bicyclic) bond motifs is 4. The highest BCUT2D eigenvalue weighted by Crippen LogP contribution is 2.31. The van der Waals surface area contributed by atoms with Gasteiger partial charge in [-0.2, -0.15) is 0 Å². The van der Waals surface area contributed by atoms with Gasteiger partial charge >= 0.3 is 0 Å². The molecule has 5 nitrogen and oxygen atoms in total. The highest BCUT2D eigenvalue weighted by molar-refractivity contribution is 6.29. The minimum absolute atomic E-state index is 0.311. The number of benzene rings is 1. The number of nitrogens with zero attached hydrogens (tertiary/aromatic N) is 3. The summed E-state index contributed by atoms with van der Waals surface area (Å²) in [6.45, 7) is 4.31. The van der Waals surface area contributed by atoms with Gasteiger partial charge in [0.25, 0.3) is 0 Å². The van der Waals surface area contributed by atoms with E-state index < -0.39 is 0 Å². The average molecular weight is 380 g/mol. The number of imidazole rings is 1. The van der Waals surface area contributed by atoms with Gasteiger partial charge < -0.3 is 10.3 Å². The zero-order chi connectivity index (χ0) is 18.5. The van der Waals surface area contributed by atoms with Gasteiger partial charge in [0, 0.05) is 40.7 Å². The van der Waals surface area contributed by atoms with Gasteiger partial charge in [-0.15, -0.1) is 0 Å². The summed E-state index contributed by atoms with van der Waals surface area (Å²) in [7, 11) is 0. The first-order valence-corrected chi connectivity index (χ1v) is 9.86. The summed E-state index contributed by atoms with van der Waals surface area (Å²) in [5, 5.41) is 5.42. The quantitative estimate of drug-likeness (QED) is 0.529. The third-order valence-corrected chi connectivity index (χ3v) is 5.70. The van der Waals surface area contributed by atoms with Gasteiger partial charge in [0.15, 0.2) is 11.5 Å². The molecule has 1 atom stereocenters. The minimum Gasteiger partial charge on any atom is -0.364 e. The molecule has 1 unspecified atom stereocenters. The lowest BCUT2D eigenvalue weighted by atomic mass is 9.91. The monoisotopic (exact) mass is 379 g/mol. The molecule has 6 heteroatoms. The molecule has 0 fully saturated rings. The number of aryl methyl sites for hydroxylation is 1. The Hall–Kier alpha value is -2.53. The second-order valence-electron chi connectivity index (χ2n) is 7.66. The van der Waals surface area contributed by atoms with Crippen molar-refractivity contribution in [1.82, 2.24) is 19.4 Å². The first-order valence-electron chi connectivity index (χ1n) is 9.48. The smallest absolute Gasteiger partial charge is 0.180 e. The maximum atomic E-state index is 6.31. The van der Waals surface area contributed by atoms with E-state index in [0.29, 0.717) is 17.1 Å². The number of anilines is 1. The zero-order valence-electron chi connectivity index (χ0n) is 15.5. The van der Waals surface area contributed by atoms with Crippen LogP contribution >= 0.6 is 11.6 Å². The van der Waals surface area contributed by atoms with Crippen molar-refractivity contribution in [2.24, 2.45) is 0 Å². The second-order valence-corrected chi connectivity index (χ2v) is 8.04. The molecular formula is C21H22ClN5. The van der Waals surface area contributed by atoms with Gasteiger partial charge in [0.2, 0.25) is 0 Å². The summed E-state index contributed by atoms with van der Waals surface area (Å²) in [4.78, 5) is 12.7. The second kappa shape index (κ2) is 6.27. The molecule has 3 aromatic heterocycles. The predicted octanol–water partition coefficient (Wildman–Crippen LogP) is 4.96. The van der Waals surface area contributed by atoms with Crippen LogP contribution < -0.4 is 5.32 Å². The molecule has 0 amide bonds. The maximum absolute atomic E-state index is 6.31. The number of H-pyrrole nitrogens is 1. The highest BCUT2D eigenvalue weighted by Gasteiger charge is 2.24. The lowest BCUT2D eigenvalue weighted by Crippen LogP contribution is -2.28. The van der Waals surface area contributed by atoms with Crippen molar-refractivity contribution in [3.05, 3.63) is 58.8 Å². The fourth-order valence-electron chi connectivity index (χ4n) is 4.19. The molecule has 3 heterocycles. The minimum atomic E-state index is 0.311. The van der Waals surface area contributed by atoms with Crippen LogP contribution in [0.4, 0.5) is 5.82 Å². The topological polar surface area (TPSA) is 58.0 Å². The van der Waals surface area contributed by atoms with Crippen molar-refractivity contribution in [3.63, 3.8) is 0 Å². The Bertz CT molecular complexity index is 1140. The molecule has 4 aromatic rings. The highest BCUT2D eigenvalue weighted by atomic mass is 35.5. The number of para-hydroxylation sites is 1. The lowest BCUT2D eigenvalue weighted by molar-refractivity contribution is 0.605. The normalized spacial score (nSPS) is 17.0. The molecule has 0 aliphatic heterocycles. The van der Waals surface area contributed by atoms with Crippen LogP contribution in [0.3, 0.4) is 0 Å². The Morgan fingerprint density at radius 1 is 1.30 bits per heavy atom. The fourth-order valence-corrected chi connectivity index (χ4v) is 4.37. The summed E-state index contributed by atoms with van der Waals surface area (Å²) in [5.74, 6) is 1.14. The van der Waals surface area contributed by atoms with Gasteiger partial charge in [-0.3, -0.25) is 4.40 Å². The molecule has 1 aliphatic rings. The molecule has 0 saturated carbocycles. The van der Waals surface area contributed by atoms with Crippen LogP contribution in [0.15, 0.2) is 36.7 Å². The third-order valence-electron chi connectivity index (χ3n) is 5.52. The van der Waals surface area contributed by atoms with E-state index >= 15 is 0 Å². The van der Waals surface area contributed by atoms with Gasteiger partial charge in [0.05, 0.1) is 0 Å². The van der Waals surface area contributed by atoms with E-state index in [9.17, 15) is 0 Å². The van der Waals surface area contributed by atoms with E-state index in [4.69, 9.17) is 11.6 Å². The molecule has 0 saturated heterocycles. The van der Waals surface area contributed by atoms with Crippen LogP contribution in [0.1, 0.15) is 43.1 Å². The van der Waals surface area contributed by atoms with Gasteiger partial charge in [-0.1, -0.05) is 43.6 Å². The van der Waals surface area contributed by atoms with Crippen molar-refractivity contribution >= 4 is 34.0 Å². The Balaban J connectivity index is 1.49. The van der Waals surface area contributed by atoms with Crippen LogP contribution in [0.2, 0.25) is 5.15 Å². The van der Waals surface area contributed by atoms with Crippen molar-refractivity contribution < 1.29 is 0 Å². The van der Waals surface area contributed by atoms with Crippen molar-refractivity contribution in [2.75, 3.05) is 5.32 Å². The molecule has 0 radical (unpaired) electrons. The molecule has 1 aromatic carbocycles. The first kappa shape index (κ1) is 16.6. The van der Waals surface area contributed by atoms with E-state index in [0.717, 1.165) is 36.4 Å². The standard InChI is InChI=1S/C21H22ClN5/c1-12(2)18-10-23-21-20(26-19(22)11-27(18)21)24-13-7-8-17-15(9-13)14-5-3-4-6-16(14)25-17/h3-6,10-13,25H,7-9H2,1-2H3,(H,24,26). The van der Waals surface area contributed by atoms with Crippen molar-refractivity contribution in [3.8, 4) is 0 Å². The number of halogens is 1. The summed E-state index contributed by atoms with van der Waals surface area (Å²) in [5.41, 5.74) is 5.98. The average Bonchev–Trinajstić information content (AvgIpc) is 3.23. The first-order chi connectivity index (χ1) is 13.1. The summed E-state index contributed by atoms with van der Waals surface area (Å²) < 4.78 is 2.06. The van der Waals surface area contributed by atoms with Gasteiger partial charge in [-0.25, -0.2) is 9.97 Å². The largest absolute Gasteiger partial charge is 0.364 e. The van der Waals surface area contributed by atoms with E-state index in [1.54, 1.807) is 0 Å². The SMILES string of the molecule is CC(C)c1cnc2c(NC3CCc4[nH]c5ccccc5c4C3)nc(Cl)cn12. The van der Waals surface area contributed by atoms with Gasteiger partial charge in [0.1, 0.15) is 5.15 Å². The Morgan fingerprint density at radius 2 is 2.15 bits per heavy atom. The molecular weight excluding hydrogens is 358 g/mol. The van der Waals surface area contributed by atoms with Crippen LogP contribution in [0.5, 0.6) is 0 Å². The fraction of sp³-hybridized carbons (Fsp3) is 0.333. The lowest BCUT2D eigenvalue weighted by Gasteiger charge is -2.24.